The highest BCUT2D eigenvalue weighted by molar-refractivity contribution is 5.96. The van der Waals surface area contributed by atoms with Gasteiger partial charge in [0.1, 0.15) is 11.4 Å². The largest absolute Gasteiger partial charge is 0.573 e. The molecule has 0 radical (unpaired) electrons. The number of nitrogens with one attached hydrogen (secondary N) is 1. The zero-order valence-corrected chi connectivity index (χ0v) is 18.5. The van der Waals surface area contributed by atoms with Gasteiger partial charge in [-0.3, -0.25) is 9.48 Å². The second kappa shape index (κ2) is 9.52. The van der Waals surface area contributed by atoms with E-state index in [1.165, 1.54) is 18.2 Å². The number of aryl methyl sites for hydroxylation is 2. The number of imidazole rings is 1. The maximum Gasteiger partial charge on any atom is 0.573 e. The number of hydrogen-bond acceptors (Lipinski definition) is 7. The van der Waals surface area contributed by atoms with E-state index in [1.807, 2.05) is 35.0 Å². The monoisotopic (exact) mass is 497 g/mol. The minimum absolute atomic E-state index is 0.138. The van der Waals surface area contributed by atoms with Gasteiger partial charge in [0.25, 0.3) is 11.8 Å². The Morgan fingerprint density at radius 2 is 1.89 bits per heavy atom. The topological polar surface area (TPSA) is 113 Å². The van der Waals surface area contributed by atoms with Crippen LogP contribution in [0, 0.1) is 0 Å². The van der Waals surface area contributed by atoms with Crippen LogP contribution in [0.2, 0.25) is 0 Å². The summed E-state index contributed by atoms with van der Waals surface area (Å²) in [6.07, 6.45) is 0.303. The van der Waals surface area contributed by atoms with Crippen LogP contribution in [0.3, 0.4) is 0 Å². The van der Waals surface area contributed by atoms with E-state index >= 15 is 0 Å². The van der Waals surface area contributed by atoms with E-state index in [1.54, 1.807) is 17.2 Å². The van der Waals surface area contributed by atoms with Crippen LogP contribution in [0.5, 0.6) is 5.75 Å². The zero-order chi connectivity index (χ0) is 25.1. The van der Waals surface area contributed by atoms with Gasteiger partial charge in [0, 0.05) is 24.3 Å². The fourth-order valence-electron chi connectivity index (χ4n) is 3.64. The Labute approximate surface area is 201 Å². The summed E-state index contributed by atoms with van der Waals surface area (Å²) in [6, 6.07) is 12.5. The number of alkyl halides is 3. The van der Waals surface area contributed by atoms with Gasteiger partial charge in [-0.25, -0.2) is 4.98 Å². The molecule has 184 valence electrons. The Morgan fingerprint density at radius 3 is 2.69 bits per heavy atom. The summed E-state index contributed by atoms with van der Waals surface area (Å²) < 4.78 is 51.0. The molecule has 0 aliphatic carbocycles. The van der Waals surface area contributed by atoms with Crippen molar-refractivity contribution in [2.75, 3.05) is 0 Å². The molecule has 0 spiro atoms. The van der Waals surface area contributed by atoms with Crippen LogP contribution in [-0.4, -0.2) is 41.7 Å². The number of benzene rings is 2. The standard InChI is InChI=1S/C23H18F3N7O3/c24-23(25,26)35-18-8-4-2-6-16(18)21(34)28-13-19-29-22(36-31-19)20-15-5-1-3-7-17(15)30-33(20)12-11-32-10-9-27-14-32/h1-10,14H,11-13H2,(H,28,34). The molecule has 0 bridgehead atoms. The van der Waals surface area contributed by atoms with Crippen LogP contribution < -0.4 is 10.1 Å². The van der Waals surface area contributed by atoms with Crippen molar-refractivity contribution in [2.24, 2.45) is 0 Å². The SMILES string of the molecule is O=C(NCc1noc(-c2c3ccccc3nn2CCn2ccnc2)n1)c1ccccc1OC(F)(F)F. The number of aromatic nitrogens is 6. The summed E-state index contributed by atoms with van der Waals surface area (Å²) in [7, 11) is 0. The Balaban J connectivity index is 1.34. The van der Waals surface area contributed by atoms with Gasteiger partial charge in [-0.1, -0.05) is 35.5 Å². The Bertz CT molecular complexity index is 1490. The van der Waals surface area contributed by atoms with Crippen molar-refractivity contribution < 1.29 is 27.2 Å². The number of carbonyl (C=O) groups is 1. The lowest BCUT2D eigenvalue weighted by Crippen LogP contribution is -2.26. The van der Waals surface area contributed by atoms with Crippen LogP contribution in [0.15, 0.2) is 71.8 Å². The van der Waals surface area contributed by atoms with Gasteiger partial charge in [-0.2, -0.15) is 10.1 Å². The molecule has 10 nitrogen and oxygen atoms in total. The van der Waals surface area contributed by atoms with E-state index in [0.29, 0.717) is 18.8 Å². The molecule has 0 unspecified atom stereocenters. The summed E-state index contributed by atoms with van der Waals surface area (Å²) in [5.41, 5.74) is 1.08. The molecule has 13 heteroatoms. The van der Waals surface area contributed by atoms with Crippen LogP contribution in [0.25, 0.3) is 22.5 Å². The molecule has 5 aromatic rings. The predicted octanol–water partition coefficient (Wildman–Crippen LogP) is 3.81. The third-order valence-corrected chi connectivity index (χ3v) is 5.21. The van der Waals surface area contributed by atoms with Crippen LogP contribution >= 0.6 is 0 Å². The highest BCUT2D eigenvalue weighted by atomic mass is 19.4. The summed E-state index contributed by atoms with van der Waals surface area (Å²) in [4.78, 5) is 20.9. The van der Waals surface area contributed by atoms with Gasteiger partial charge < -0.3 is 19.1 Å². The molecule has 0 saturated heterocycles. The van der Waals surface area contributed by atoms with Gasteiger partial charge in [0.2, 0.25) is 0 Å². The molecule has 5 rings (SSSR count). The maximum atomic E-state index is 12.7. The van der Waals surface area contributed by atoms with Crippen molar-refractivity contribution in [3.8, 4) is 17.3 Å². The smallest absolute Gasteiger partial charge is 0.405 e. The van der Waals surface area contributed by atoms with E-state index in [0.717, 1.165) is 17.0 Å². The van der Waals surface area contributed by atoms with Gasteiger partial charge in [-0.05, 0) is 18.2 Å². The quantitative estimate of drug-likeness (QED) is 0.347. The van der Waals surface area contributed by atoms with E-state index in [-0.39, 0.29) is 23.8 Å². The fraction of sp³-hybridized carbons (Fsp3) is 0.174. The lowest BCUT2D eigenvalue weighted by atomic mass is 10.2. The lowest BCUT2D eigenvalue weighted by molar-refractivity contribution is -0.274. The molecule has 0 aliphatic heterocycles. The summed E-state index contributed by atoms with van der Waals surface area (Å²) in [6.45, 7) is 0.937. The molecule has 2 aromatic carbocycles. The molecule has 0 fully saturated rings. The number of ether oxygens (including phenoxy) is 1. The van der Waals surface area contributed by atoms with Crippen LogP contribution in [0.4, 0.5) is 13.2 Å². The molecular formula is C23H18F3N7O3. The van der Waals surface area contributed by atoms with Gasteiger partial charge in [-0.15, -0.1) is 13.2 Å². The van der Waals surface area contributed by atoms with Crippen molar-refractivity contribution in [1.82, 2.24) is 34.8 Å². The Kier molecular flexibility index (Phi) is 6.10. The highest BCUT2D eigenvalue weighted by Gasteiger charge is 2.33. The number of amides is 1. The highest BCUT2D eigenvalue weighted by Crippen LogP contribution is 2.28. The molecule has 0 saturated carbocycles. The summed E-state index contributed by atoms with van der Waals surface area (Å²) >= 11 is 0. The maximum absolute atomic E-state index is 12.7. The molecular weight excluding hydrogens is 479 g/mol. The first-order chi connectivity index (χ1) is 17.4. The average Bonchev–Trinajstić information content (AvgIpc) is 3.60. The molecule has 36 heavy (non-hydrogen) atoms. The van der Waals surface area contributed by atoms with Crippen molar-refractivity contribution in [3.05, 3.63) is 78.6 Å². The van der Waals surface area contributed by atoms with Gasteiger partial charge in [0.05, 0.1) is 30.5 Å². The van der Waals surface area contributed by atoms with E-state index in [9.17, 15) is 18.0 Å². The molecule has 1 N–H and O–H groups in total. The van der Waals surface area contributed by atoms with Crippen LogP contribution in [0.1, 0.15) is 16.2 Å². The van der Waals surface area contributed by atoms with Crippen molar-refractivity contribution in [1.29, 1.82) is 0 Å². The predicted molar refractivity (Wildman–Crippen MR) is 120 cm³/mol. The summed E-state index contributed by atoms with van der Waals surface area (Å²) in [5.74, 6) is -1.06. The lowest BCUT2D eigenvalue weighted by Gasteiger charge is -2.12. The van der Waals surface area contributed by atoms with E-state index in [2.05, 4.69) is 30.3 Å². The Morgan fingerprint density at radius 1 is 1.08 bits per heavy atom. The third kappa shape index (κ3) is 5.04. The number of nitrogens with zero attached hydrogens (tertiary/aromatic N) is 6. The molecule has 1 amide bonds. The van der Waals surface area contributed by atoms with E-state index < -0.39 is 18.0 Å². The first-order valence-corrected chi connectivity index (χ1v) is 10.7. The average molecular weight is 497 g/mol. The number of rotatable bonds is 8. The second-order valence-corrected chi connectivity index (χ2v) is 7.63. The molecule has 3 aromatic heterocycles. The minimum atomic E-state index is -4.93. The third-order valence-electron chi connectivity index (χ3n) is 5.21. The molecule has 3 heterocycles. The van der Waals surface area contributed by atoms with Gasteiger partial charge >= 0.3 is 6.36 Å². The number of para-hydroxylation sites is 1. The Hall–Kier alpha value is -4.68. The van der Waals surface area contributed by atoms with Crippen molar-refractivity contribution in [3.63, 3.8) is 0 Å². The van der Waals surface area contributed by atoms with E-state index in [4.69, 9.17) is 4.52 Å². The normalized spacial score (nSPS) is 11.6. The number of hydrogen-bond donors (Lipinski definition) is 1. The van der Waals surface area contributed by atoms with Crippen molar-refractivity contribution in [2.45, 2.75) is 26.0 Å². The fourth-order valence-corrected chi connectivity index (χ4v) is 3.64. The first-order valence-electron chi connectivity index (χ1n) is 10.7. The number of fused-ring (bicyclic) bond motifs is 1. The molecule has 0 atom stereocenters. The van der Waals surface area contributed by atoms with Gasteiger partial charge in [0.15, 0.2) is 5.82 Å². The molecule has 0 aliphatic rings. The summed E-state index contributed by atoms with van der Waals surface area (Å²) in [5, 5.41) is 11.8. The minimum Gasteiger partial charge on any atom is -0.405 e. The van der Waals surface area contributed by atoms with Crippen LogP contribution in [-0.2, 0) is 19.6 Å². The zero-order valence-electron chi connectivity index (χ0n) is 18.5. The van der Waals surface area contributed by atoms with Crippen molar-refractivity contribution >= 4 is 16.8 Å². The second-order valence-electron chi connectivity index (χ2n) is 7.63. The number of halogens is 3. The number of carbonyl (C=O) groups excluding carboxylic acids is 1. The first kappa shape index (κ1) is 23.1.